The monoisotopic (exact) mass is 318 g/mol. The van der Waals surface area contributed by atoms with Crippen LogP contribution in [0, 0.1) is 0 Å². The molecule has 0 aromatic carbocycles. The topological polar surface area (TPSA) is 52.5 Å². The van der Waals surface area contributed by atoms with Crippen LogP contribution in [0.25, 0.3) is 0 Å². The Hall–Kier alpha value is -1.57. The molecular formula is C14H21F3N4O. The van der Waals surface area contributed by atoms with E-state index in [1.54, 1.807) is 19.0 Å². The number of aromatic nitrogens is 2. The fourth-order valence-electron chi connectivity index (χ4n) is 2.64. The van der Waals surface area contributed by atoms with Crippen LogP contribution in [0.2, 0.25) is 0 Å². The molecule has 1 atom stereocenters. The first kappa shape index (κ1) is 16.8. The Morgan fingerprint density at radius 2 is 2.05 bits per heavy atom. The molecule has 8 heteroatoms. The van der Waals surface area contributed by atoms with E-state index in [9.17, 15) is 13.2 Å². The first-order valence-electron chi connectivity index (χ1n) is 7.34. The summed E-state index contributed by atoms with van der Waals surface area (Å²) < 4.78 is 39.2. The molecule has 0 spiro atoms. The average molecular weight is 318 g/mol. The Bertz CT molecular complexity index is 505. The van der Waals surface area contributed by atoms with Gasteiger partial charge in [0.2, 0.25) is 5.95 Å². The highest BCUT2D eigenvalue weighted by molar-refractivity contribution is 5.46. The minimum atomic E-state index is -4.51. The average Bonchev–Trinajstić information content (AvgIpc) is 2.46. The molecule has 1 aliphatic rings. The zero-order chi connectivity index (χ0) is 16.3. The molecular weight excluding hydrogens is 297 g/mol. The van der Waals surface area contributed by atoms with Gasteiger partial charge in [0.1, 0.15) is 5.82 Å². The van der Waals surface area contributed by atoms with Gasteiger partial charge in [-0.15, -0.1) is 0 Å². The van der Waals surface area contributed by atoms with Gasteiger partial charge in [0.15, 0.2) is 5.69 Å². The van der Waals surface area contributed by atoms with Gasteiger partial charge in [0.05, 0.1) is 0 Å². The van der Waals surface area contributed by atoms with E-state index < -0.39 is 11.9 Å². The van der Waals surface area contributed by atoms with E-state index in [2.05, 4.69) is 9.97 Å². The van der Waals surface area contributed by atoms with E-state index in [1.807, 2.05) is 0 Å². The second-order valence-corrected chi connectivity index (χ2v) is 5.66. The summed E-state index contributed by atoms with van der Waals surface area (Å²) in [6.45, 7) is 0.611. The third-order valence-corrected chi connectivity index (χ3v) is 3.80. The van der Waals surface area contributed by atoms with Crippen molar-refractivity contribution in [3.63, 3.8) is 0 Å². The zero-order valence-electron chi connectivity index (χ0n) is 12.8. The Morgan fingerprint density at radius 1 is 1.32 bits per heavy atom. The van der Waals surface area contributed by atoms with Gasteiger partial charge in [0.25, 0.3) is 0 Å². The number of nitrogens with zero attached hydrogens (tertiary/aromatic N) is 4. The molecule has 5 nitrogen and oxygen atoms in total. The second-order valence-electron chi connectivity index (χ2n) is 5.66. The quantitative estimate of drug-likeness (QED) is 0.923. The van der Waals surface area contributed by atoms with Gasteiger partial charge < -0.3 is 14.9 Å². The highest BCUT2D eigenvalue weighted by atomic mass is 19.4. The van der Waals surface area contributed by atoms with Crippen molar-refractivity contribution in [3.8, 4) is 0 Å². The molecule has 0 radical (unpaired) electrons. The number of hydrogen-bond donors (Lipinski definition) is 1. The van der Waals surface area contributed by atoms with Gasteiger partial charge in [-0.05, 0) is 25.7 Å². The van der Waals surface area contributed by atoms with Crippen LogP contribution < -0.4 is 9.80 Å². The first-order chi connectivity index (χ1) is 10.3. The fourth-order valence-corrected chi connectivity index (χ4v) is 2.64. The lowest BCUT2D eigenvalue weighted by atomic mass is 10.0. The molecule has 22 heavy (non-hydrogen) atoms. The summed E-state index contributed by atoms with van der Waals surface area (Å²) in [5.74, 6) is 0.322. The van der Waals surface area contributed by atoms with Crippen molar-refractivity contribution in [1.29, 1.82) is 0 Å². The van der Waals surface area contributed by atoms with Crippen LogP contribution in [0.5, 0.6) is 0 Å². The molecule has 1 aromatic heterocycles. The van der Waals surface area contributed by atoms with Crippen molar-refractivity contribution in [3.05, 3.63) is 11.8 Å². The van der Waals surface area contributed by atoms with Crippen molar-refractivity contribution in [1.82, 2.24) is 9.97 Å². The van der Waals surface area contributed by atoms with E-state index in [0.717, 1.165) is 25.3 Å². The minimum Gasteiger partial charge on any atom is -0.396 e. The number of aliphatic hydroxyl groups is 1. The van der Waals surface area contributed by atoms with Gasteiger partial charge in [0, 0.05) is 39.4 Å². The predicted molar refractivity (Wildman–Crippen MR) is 78.0 cm³/mol. The van der Waals surface area contributed by atoms with Crippen molar-refractivity contribution >= 4 is 11.8 Å². The van der Waals surface area contributed by atoms with Gasteiger partial charge in [-0.2, -0.15) is 18.2 Å². The van der Waals surface area contributed by atoms with E-state index >= 15 is 0 Å². The summed E-state index contributed by atoms with van der Waals surface area (Å²) in [5.41, 5.74) is -0.936. The van der Waals surface area contributed by atoms with Crippen LogP contribution in [0.15, 0.2) is 6.07 Å². The van der Waals surface area contributed by atoms with Crippen molar-refractivity contribution in [2.75, 3.05) is 37.0 Å². The van der Waals surface area contributed by atoms with E-state index in [-0.39, 0.29) is 24.4 Å². The molecule has 1 aromatic rings. The van der Waals surface area contributed by atoms with Crippen LogP contribution in [-0.4, -0.2) is 48.4 Å². The van der Waals surface area contributed by atoms with Crippen molar-refractivity contribution in [2.24, 2.45) is 0 Å². The molecule has 1 unspecified atom stereocenters. The van der Waals surface area contributed by atoms with Crippen LogP contribution in [0.1, 0.15) is 31.4 Å². The Balaban J connectivity index is 2.41. The first-order valence-corrected chi connectivity index (χ1v) is 7.34. The molecule has 1 saturated heterocycles. The summed E-state index contributed by atoms with van der Waals surface area (Å²) in [7, 11) is 3.29. The molecule has 0 bridgehead atoms. The summed E-state index contributed by atoms with van der Waals surface area (Å²) in [4.78, 5) is 11.3. The zero-order valence-corrected chi connectivity index (χ0v) is 12.8. The van der Waals surface area contributed by atoms with Crippen LogP contribution in [0.3, 0.4) is 0 Å². The highest BCUT2D eigenvalue weighted by Crippen LogP contribution is 2.32. The van der Waals surface area contributed by atoms with E-state index in [4.69, 9.17) is 5.11 Å². The van der Waals surface area contributed by atoms with Crippen LogP contribution in [-0.2, 0) is 6.18 Å². The number of halogens is 3. The van der Waals surface area contributed by atoms with Gasteiger partial charge in [-0.3, -0.25) is 0 Å². The summed E-state index contributed by atoms with van der Waals surface area (Å²) in [6, 6.07) is 0.936. The molecule has 2 rings (SSSR count). The second kappa shape index (κ2) is 6.68. The Kier molecular flexibility index (Phi) is 5.10. The standard InChI is InChI=1S/C14H21F3N4O/c1-20(2)12-9-11(14(15,16)17)18-13(19-12)21-7-4-3-5-10(21)6-8-22/h9-10,22H,3-8H2,1-2H3. The maximum absolute atomic E-state index is 13.1. The third kappa shape index (κ3) is 3.79. The molecule has 1 aliphatic heterocycles. The lowest BCUT2D eigenvalue weighted by molar-refractivity contribution is -0.141. The SMILES string of the molecule is CN(C)c1cc(C(F)(F)F)nc(N2CCCCC2CCO)n1. The molecule has 1 fully saturated rings. The number of aliphatic hydroxyl groups excluding tert-OH is 1. The normalized spacial score (nSPS) is 19.4. The summed E-state index contributed by atoms with van der Waals surface area (Å²) in [5, 5.41) is 9.15. The number of hydrogen-bond acceptors (Lipinski definition) is 5. The number of anilines is 2. The molecule has 0 aliphatic carbocycles. The molecule has 1 N–H and O–H groups in total. The van der Waals surface area contributed by atoms with Crippen molar-refractivity contribution in [2.45, 2.75) is 37.9 Å². The third-order valence-electron chi connectivity index (χ3n) is 3.80. The Morgan fingerprint density at radius 3 is 2.64 bits per heavy atom. The largest absolute Gasteiger partial charge is 0.433 e. The number of piperidine rings is 1. The molecule has 2 heterocycles. The summed E-state index contributed by atoms with van der Waals surface area (Å²) in [6.07, 6.45) is -1.28. The fraction of sp³-hybridized carbons (Fsp3) is 0.714. The highest BCUT2D eigenvalue weighted by Gasteiger charge is 2.35. The van der Waals surface area contributed by atoms with Crippen LogP contribution in [0.4, 0.5) is 24.9 Å². The van der Waals surface area contributed by atoms with E-state index in [0.29, 0.717) is 13.0 Å². The van der Waals surface area contributed by atoms with Crippen LogP contribution >= 0.6 is 0 Å². The molecule has 0 saturated carbocycles. The lowest BCUT2D eigenvalue weighted by Gasteiger charge is -2.36. The molecule has 0 amide bonds. The van der Waals surface area contributed by atoms with E-state index in [1.165, 1.54) is 4.90 Å². The maximum Gasteiger partial charge on any atom is 0.433 e. The van der Waals surface area contributed by atoms with Gasteiger partial charge >= 0.3 is 6.18 Å². The summed E-state index contributed by atoms with van der Waals surface area (Å²) >= 11 is 0. The number of alkyl halides is 3. The number of rotatable bonds is 4. The Labute approximate surface area is 127 Å². The minimum absolute atomic E-state index is 0.000661. The maximum atomic E-state index is 13.1. The smallest absolute Gasteiger partial charge is 0.396 e. The van der Waals surface area contributed by atoms with Gasteiger partial charge in [-0.25, -0.2) is 4.98 Å². The van der Waals surface area contributed by atoms with Gasteiger partial charge in [-0.1, -0.05) is 0 Å². The predicted octanol–water partition coefficient (Wildman–Crippen LogP) is 2.30. The van der Waals surface area contributed by atoms with Crippen molar-refractivity contribution < 1.29 is 18.3 Å². The lowest BCUT2D eigenvalue weighted by Crippen LogP contribution is -2.41. The molecule has 124 valence electrons.